The van der Waals surface area contributed by atoms with Crippen molar-refractivity contribution in [2.45, 2.75) is 31.9 Å². The highest BCUT2D eigenvalue weighted by atomic mass is 16.5. The van der Waals surface area contributed by atoms with Crippen LogP contribution in [0.5, 0.6) is 5.88 Å². The predicted molar refractivity (Wildman–Crippen MR) is 67.3 cm³/mol. The molecule has 17 heavy (non-hydrogen) atoms. The molecule has 3 N–H and O–H groups in total. The number of hydrogen-bond acceptors (Lipinski definition) is 5. The molecule has 0 aliphatic heterocycles. The number of nitrogens with two attached hydrogens (primary N) is 1. The van der Waals surface area contributed by atoms with E-state index in [9.17, 15) is 0 Å². The summed E-state index contributed by atoms with van der Waals surface area (Å²) >= 11 is 0. The summed E-state index contributed by atoms with van der Waals surface area (Å²) in [6, 6.07) is 4.12. The largest absolute Gasteiger partial charge is 0.476 e. The molecule has 5 nitrogen and oxygen atoms in total. The third-order valence-electron chi connectivity index (χ3n) is 2.95. The van der Waals surface area contributed by atoms with Gasteiger partial charge in [-0.3, -0.25) is 0 Å². The average molecular weight is 237 g/mol. The van der Waals surface area contributed by atoms with Crippen LogP contribution in [0.1, 0.15) is 19.8 Å². The lowest BCUT2D eigenvalue weighted by atomic mass is 9.89. The molecule has 1 saturated carbocycles. The van der Waals surface area contributed by atoms with E-state index in [1.807, 2.05) is 19.1 Å². The Balaban J connectivity index is 1.95. The van der Waals surface area contributed by atoms with Crippen molar-refractivity contribution >= 4 is 11.5 Å². The number of ether oxygens (including phenoxy) is 2. The summed E-state index contributed by atoms with van der Waals surface area (Å²) in [5.41, 5.74) is 6.33. The molecule has 1 aromatic heterocycles. The molecule has 5 heteroatoms. The van der Waals surface area contributed by atoms with Crippen molar-refractivity contribution in [2.75, 3.05) is 24.8 Å². The van der Waals surface area contributed by atoms with Crippen molar-refractivity contribution in [3.63, 3.8) is 0 Å². The smallest absolute Gasteiger partial charge is 0.239 e. The van der Waals surface area contributed by atoms with E-state index in [2.05, 4.69) is 10.3 Å². The Bertz CT molecular complexity index is 378. The first-order valence-electron chi connectivity index (χ1n) is 5.91. The fourth-order valence-electron chi connectivity index (χ4n) is 1.87. The van der Waals surface area contributed by atoms with E-state index >= 15 is 0 Å². The monoisotopic (exact) mass is 237 g/mol. The van der Waals surface area contributed by atoms with Gasteiger partial charge in [-0.15, -0.1) is 0 Å². The van der Waals surface area contributed by atoms with Crippen molar-refractivity contribution in [1.82, 2.24) is 4.98 Å². The topological polar surface area (TPSA) is 69.4 Å². The lowest BCUT2D eigenvalue weighted by molar-refractivity contribution is 0.0328. The van der Waals surface area contributed by atoms with Crippen LogP contribution in [0, 0.1) is 0 Å². The van der Waals surface area contributed by atoms with Gasteiger partial charge in [0.25, 0.3) is 0 Å². The van der Waals surface area contributed by atoms with E-state index in [4.69, 9.17) is 15.2 Å². The number of methoxy groups -OCH3 is 1. The fourth-order valence-corrected chi connectivity index (χ4v) is 1.87. The number of anilines is 2. The zero-order valence-electron chi connectivity index (χ0n) is 10.3. The fraction of sp³-hybridized carbons (Fsp3) is 0.583. The van der Waals surface area contributed by atoms with Crippen molar-refractivity contribution < 1.29 is 9.47 Å². The molecule has 0 atom stereocenters. The Morgan fingerprint density at radius 1 is 1.47 bits per heavy atom. The number of aromatic nitrogens is 1. The first kappa shape index (κ1) is 12.0. The molecule has 1 aliphatic rings. The van der Waals surface area contributed by atoms with E-state index < -0.39 is 0 Å². The van der Waals surface area contributed by atoms with E-state index in [0.717, 1.165) is 18.7 Å². The first-order valence-corrected chi connectivity index (χ1v) is 5.91. The van der Waals surface area contributed by atoms with Crippen LogP contribution in [0.25, 0.3) is 0 Å². The number of rotatable bonds is 5. The van der Waals surface area contributed by atoms with Gasteiger partial charge in [-0.2, -0.15) is 4.98 Å². The highest BCUT2D eigenvalue weighted by Gasteiger charge is 2.29. The predicted octanol–water partition coefficient (Wildman–Crippen LogP) is 1.65. The van der Waals surface area contributed by atoms with Crippen LogP contribution in [-0.2, 0) is 4.74 Å². The number of pyridine rings is 1. The SMILES string of the molecule is CCOc1nc(NC2CC(OC)C2)ccc1N. The summed E-state index contributed by atoms with van der Waals surface area (Å²) in [5.74, 6) is 1.31. The van der Waals surface area contributed by atoms with Crippen molar-refractivity contribution in [1.29, 1.82) is 0 Å². The zero-order valence-corrected chi connectivity index (χ0v) is 10.3. The van der Waals surface area contributed by atoms with Crippen molar-refractivity contribution in [3.05, 3.63) is 12.1 Å². The number of nitrogens with zero attached hydrogens (tertiary/aromatic N) is 1. The summed E-state index contributed by atoms with van der Waals surface area (Å²) in [5, 5.41) is 3.34. The van der Waals surface area contributed by atoms with E-state index in [1.165, 1.54) is 0 Å². The molecule has 2 rings (SSSR count). The van der Waals surface area contributed by atoms with Gasteiger partial charge in [0.05, 0.1) is 18.4 Å². The number of nitrogens with one attached hydrogen (secondary N) is 1. The third kappa shape index (κ3) is 2.79. The van der Waals surface area contributed by atoms with Gasteiger partial charge in [-0.05, 0) is 31.9 Å². The Morgan fingerprint density at radius 3 is 2.88 bits per heavy atom. The Hall–Kier alpha value is -1.49. The van der Waals surface area contributed by atoms with Gasteiger partial charge in [0.2, 0.25) is 5.88 Å². The van der Waals surface area contributed by atoms with Crippen molar-refractivity contribution in [3.8, 4) is 5.88 Å². The zero-order chi connectivity index (χ0) is 12.3. The molecule has 1 fully saturated rings. The van der Waals surface area contributed by atoms with E-state index in [1.54, 1.807) is 7.11 Å². The summed E-state index contributed by atoms with van der Waals surface area (Å²) in [4.78, 5) is 4.34. The molecule has 0 aromatic carbocycles. The molecular formula is C12H19N3O2. The molecule has 1 aromatic rings. The van der Waals surface area contributed by atoms with Gasteiger partial charge in [0.15, 0.2) is 0 Å². The first-order chi connectivity index (χ1) is 8.22. The second-order valence-electron chi connectivity index (χ2n) is 4.19. The summed E-state index contributed by atoms with van der Waals surface area (Å²) < 4.78 is 10.6. The quantitative estimate of drug-likeness (QED) is 0.815. The summed E-state index contributed by atoms with van der Waals surface area (Å²) in [7, 11) is 1.75. The van der Waals surface area contributed by atoms with Crippen LogP contribution < -0.4 is 15.8 Å². The molecule has 1 heterocycles. The molecule has 0 radical (unpaired) electrons. The normalized spacial score (nSPS) is 22.9. The van der Waals surface area contributed by atoms with Gasteiger partial charge >= 0.3 is 0 Å². The van der Waals surface area contributed by atoms with Crippen LogP contribution in [0.2, 0.25) is 0 Å². The van der Waals surface area contributed by atoms with Crippen LogP contribution in [0.3, 0.4) is 0 Å². The van der Waals surface area contributed by atoms with Gasteiger partial charge in [-0.25, -0.2) is 0 Å². The molecule has 0 saturated heterocycles. The highest BCUT2D eigenvalue weighted by Crippen LogP contribution is 2.27. The van der Waals surface area contributed by atoms with Gasteiger partial charge < -0.3 is 20.5 Å². The molecule has 94 valence electrons. The highest BCUT2D eigenvalue weighted by molar-refractivity contribution is 5.54. The minimum atomic E-state index is 0.382. The maximum absolute atomic E-state index is 5.76. The number of nitrogen functional groups attached to an aromatic ring is 1. The van der Waals surface area contributed by atoms with Crippen LogP contribution >= 0.6 is 0 Å². The summed E-state index contributed by atoms with van der Waals surface area (Å²) in [6.45, 7) is 2.48. The molecule has 0 unspecified atom stereocenters. The Labute approximate surface area is 101 Å². The van der Waals surface area contributed by atoms with Crippen LogP contribution in [0.4, 0.5) is 11.5 Å². The van der Waals surface area contributed by atoms with Gasteiger partial charge in [0, 0.05) is 13.2 Å². The van der Waals surface area contributed by atoms with Gasteiger partial charge in [0.1, 0.15) is 5.82 Å². The Morgan fingerprint density at radius 2 is 2.24 bits per heavy atom. The van der Waals surface area contributed by atoms with E-state index in [0.29, 0.717) is 30.3 Å². The maximum Gasteiger partial charge on any atom is 0.239 e. The second-order valence-corrected chi connectivity index (χ2v) is 4.19. The van der Waals surface area contributed by atoms with E-state index in [-0.39, 0.29) is 0 Å². The van der Waals surface area contributed by atoms with Gasteiger partial charge in [-0.1, -0.05) is 0 Å². The van der Waals surface area contributed by atoms with Crippen LogP contribution in [0.15, 0.2) is 12.1 Å². The molecule has 0 spiro atoms. The third-order valence-corrected chi connectivity index (χ3v) is 2.95. The molecule has 0 bridgehead atoms. The minimum absolute atomic E-state index is 0.382. The second kappa shape index (κ2) is 5.23. The lowest BCUT2D eigenvalue weighted by Crippen LogP contribution is -2.40. The minimum Gasteiger partial charge on any atom is -0.476 e. The summed E-state index contributed by atoms with van der Waals surface area (Å²) in [6.07, 6.45) is 2.42. The standard InChI is InChI=1S/C12H19N3O2/c1-3-17-12-10(13)4-5-11(15-12)14-8-6-9(7-8)16-2/h4-5,8-9H,3,6-7,13H2,1-2H3,(H,14,15). The maximum atomic E-state index is 5.76. The average Bonchev–Trinajstić information content (AvgIpc) is 2.27. The number of hydrogen-bond donors (Lipinski definition) is 2. The Kier molecular flexibility index (Phi) is 3.68. The molecule has 1 aliphatic carbocycles. The lowest BCUT2D eigenvalue weighted by Gasteiger charge is -2.34. The van der Waals surface area contributed by atoms with Crippen LogP contribution in [-0.4, -0.2) is 30.8 Å². The van der Waals surface area contributed by atoms with Crippen molar-refractivity contribution in [2.24, 2.45) is 0 Å². The molecular weight excluding hydrogens is 218 g/mol. The molecule has 0 amide bonds.